The average molecular weight is 287 g/mol. The van der Waals surface area contributed by atoms with Crippen molar-refractivity contribution < 1.29 is 9.53 Å². The standard InChI is InChI=1S/C16H21N3O2/c1-16(2,3)21-15(20)7-8-19-11-13(10-18-19)12-5-4-6-14(17)9-12/h4-6,9-11H,7-8,17H2,1-3H3. The summed E-state index contributed by atoms with van der Waals surface area (Å²) in [6, 6.07) is 7.62. The molecule has 0 saturated carbocycles. The molecule has 0 bridgehead atoms. The number of nitrogen functional groups attached to an aromatic ring is 1. The molecule has 21 heavy (non-hydrogen) atoms. The van der Waals surface area contributed by atoms with Crippen molar-refractivity contribution in [3.63, 3.8) is 0 Å². The third-order valence-corrected chi connectivity index (χ3v) is 2.82. The lowest BCUT2D eigenvalue weighted by molar-refractivity contribution is -0.155. The number of esters is 1. The average Bonchev–Trinajstić information content (AvgIpc) is 2.83. The van der Waals surface area contributed by atoms with E-state index in [0.717, 1.165) is 11.1 Å². The fraction of sp³-hybridized carbons (Fsp3) is 0.375. The van der Waals surface area contributed by atoms with Crippen LogP contribution in [0.1, 0.15) is 27.2 Å². The zero-order valence-corrected chi connectivity index (χ0v) is 12.7. The highest BCUT2D eigenvalue weighted by atomic mass is 16.6. The van der Waals surface area contributed by atoms with Crippen LogP contribution in [-0.2, 0) is 16.1 Å². The van der Waals surface area contributed by atoms with Gasteiger partial charge in [-0.1, -0.05) is 12.1 Å². The predicted molar refractivity (Wildman–Crippen MR) is 82.5 cm³/mol. The van der Waals surface area contributed by atoms with Crippen LogP contribution < -0.4 is 5.73 Å². The minimum absolute atomic E-state index is 0.219. The Hall–Kier alpha value is -2.30. The second-order valence-corrected chi connectivity index (χ2v) is 5.95. The van der Waals surface area contributed by atoms with Gasteiger partial charge >= 0.3 is 5.97 Å². The molecule has 0 aliphatic rings. The van der Waals surface area contributed by atoms with E-state index in [2.05, 4.69) is 5.10 Å². The maximum atomic E-state index is 11.7. The summed E-state index contributed by atoms with van der Waals surface area (Å²) >= 11 is 0. The minimum Gasteiger partial charge on any atom is -0.460 e. The molecule has 0 aliphatic carbocycles. The highest BCUT2D eigenvalue weighted by molar-refractivity contribution is 5.70. The number of carbonyl (C=O) groups is 1. The number of carbonyl (C=O) groups excluding carboxylic acids is 1. The molecule has 1 aromatic carbocycles. The van der Waals surface area contributed by atoms with E-state index >= 15 is 0 Å². The number of hydrogen-bond acceptors (Lipinski definition) is 4. The van der Waals surface area contributed by atoms with Gasteiger partial charge < -0.3 is 10.5 Å². The summed E-state index contributed by atoms with van der Waals surface area (Å²) in [6.45, 7) is 6.07. The van der Waals surface area contributed by atoms with Crippen LogP contribution in [0.25, 0.3) is 11.1 Å². The van der Waals surface area contributed by atoms with Crippen molar-refractivity contribution in [2.45, 2.75) is 39.3 Å². The monoisotopic (exact) mass is 287 g/mol. The van der Waals surface area contributed by atoms with Crippen molar-refractivity contribution in [1.29, 1.82) is 0 Å². The molecule has 0 atom stereocenters. The van der Waals surface area contributed by atoms with E-state index in [9.17, 15) is 4.79 Å². The van der Waals surface area contributed by atoms with Crippen LogP contribution in [0.15, 0.2) is 36.7 Å². The van der Waals surface area contributed by atoms with Crippen molar-refractivity contribution in [1.82, 2.24) is 9.78 Å². The molecular weight excluding hydrogens is 266 g/mol. The molecule has 2 rings (SSSR count). The van der Waals surface area contributed by atoms with Crippen LogP contribution in [0.2, 0.25) is 0 Å². The van der Waals surface area contributed by atoms with Gasteiger partial charge in [-0.05, 0) is 38.5 Å². The largest absolute Gasteiger partial charge is 0.460 e. The highest BCUT2D eigenvalue weighted by Gasteiger charge is 2.16. The minimum atomic E-state index is -0.450. The smallest absolute Gasteiger partial charge is 0.308 e. The predicted octanol–water partition coefficient (Wildman–Crippen LogP) is 2.86. The lowest BCUT2D eigenvalue weighted by Gasteiger charge is -2.19. The molecule has 0 spiro atoms. The molecule has 0 fully saturated rings. The number of nitrogens with zero attached hydrogens (tertiary/aromatic N) is 2. The van der Waals surface area contributed by atoms with E-state index in [-0.39, 0.29) is 5.97 Å². The van der Waals surface area contributed by atoms with Crippen molar-refractivity contribution in [2.24, 2.45) is 0 Å². The van der Waals surface area contributed by atoms with Crippen molar-refractivity contribution in [3.05, 3.63) is 36.7 Å². The Kier molecular flexibility index (Phi) is 4.31. The molecule has 2 aromatic rings. The quantitative estimate of drug-likeness (QED) is 0.693. The summed E-state index contributed by atoms with van der Waals surface area (Å²) in [5.74, 6) is -0.219. The first-order chi connectivity index (χ1) is 9.83. The van der Waals surface area contributed by atoms with Gasteiger partial charge in [0.1, 0.15) is 5.60 Å². The van der Waals surface area contributed by atoms with Crippen molar-refractivity contribution >= 4 is 11.7 Å². The molecule has 1 heterocycles. The van der Waals surface area contributed by atoms with Crippen LogP contribution in [-0.4, -0.2) is 21.4 Å². The van der Waals surface area contributed by atoms with E-state index in [0.29, 0.717) is 18.7 Å². The first-order valence-electron chi connectivity index (χ1n) is 6.94. The maximum Gasteiger partial charge on any atom is 0.308 e. The first-order valence-corrected chi connectivity index (χ1v) is 6.94. The summed E-state index contributed by atoms with van der Waals surface area (Å²) in [4.78, 5) is 11.7. The third-order valence-electron chi connectivity index (χ3n) is 2.82. The van der Waals surface area contributed by atoms with Gasteiger partial charge in [0.25, 0.3) is 0 Å². The number of benzene rings is 1. The Labute approximate surface area is 124 Å². The van der Waals surface area contributed by atoms with Crippen molar-refractivity contribution in [2.75, 3.05) is 5.73 Å². The lowest BCUT2D eigenvalue weighted by Crippen LogP contribution is -2.24. The number of aromatic nitrogens is 2. The van der Waals surface area contributed by atoms with E-state index in [1.165, 1.54) is 0 Å². The number of aryl methyl sites for hydroxylation is 1. The van der Waals surface area contributed by atoms with E-state index in [1.54, 1.807) is 10.9 Å². The van der Waals surface area contributed by atoms with Crippen LogP contribution in [0.4, 0.5) is 5.69 Å². The van der Waals surface area contributed by atoms with Gasteiger partial charge in [-0.25, -0.2) is 0 Å². The molecule has 0 amide bonds. The van der Waals surface area contributed by atoms with E-state index < -0.39 is 5.60 Å². The van der Waals surface area contributed by atoms with Gasteiger partial charge in [-0.15, -0.1) is 0 Å². The number of anilines is 1. The van der Waals surface area contributed by atoms with Gasteiger partial charge in [-0.2, -0.15) is 5.10 Å². The van der Waals surface area contributed by atoms with E-state index in [1.807, 2.05) is 51.2 Å². The lowest BCUT2D eigenvalue weighted by atomic mass is 10.1. The van der Waals surface area contributed by atoms with Gasteiger partial charge in [0.15, 0.2) is 0 Å². The van der Waals surface area contributed by atoms with Gasteiger partial charge in [0, 0.05) is 17.4 Å². The Bertz CT molecular complexity index is 626. The van der Waals surface area contributed by atoms with Crippen molar-refractivity contribution in [3.8, 4) is 11.1 Å². The topological polar surface area (TPSA) is 70.1 Å². The Morgan fingerprint density at radius 3 is 2.76 bits per heavy atom. The molecule has 0 saturated heterocycles. The van der Waals surface area contributed by atoms with Gasteiger partial charge in [0.05, 0.1) is 19.2 Å². The maximum absolute atomic E-state index is 11.7. The summed E-state index contributed by atoms with van der Waals surface area (Å²) in [6.07, 6.45) is 3.97. The Balaban J connectivity index is 1.96. The molecule has 112 valence electrons. The second-order valence-electron chi connectivity index (χ2n) is 5.95. The molecule has 0 aliphatic heterocycles. The normalized spacial score (nSPS) is 11.4. The number of rotatable bonds is 4. The summed E-state index contributed by atoms with van der Waals surface area (Å²) < 4.78 is 7.01. The third kappa shape index (κ3) is 4.63. The zero-order valence-electron chi connectivity index (χ0n) is 12.7. The fourth-order valence-corrected chi connectivity index (χ4v) is 1.95. The fourth-order valence-electron chi connectivity index (χ4n) is 1.95. The van der Waals surface area contributed by atoms with Gasteiger partial charge in [0.2, 0.25) is 0 Å². The zero-order chi connectivity index (χ0) is 15.5. The number of hydrogen-bond donors (Lipinski definition) is 1. The number of ether oxygens (including phenoxy) is 1. The SMILES string of the molecule is CC(C)(C)OC(=O)CCn1cc(-c2cccc(N)c2)cn1. The van der Waals surface area contributed by atoms with Gasteiger partial charge in [-0.3, -0.25) is 9.48 Å². The van der Waals surface area contributed by atoms with E-state index in [4.69, 9.17) is 10.5 Å². The molecule has 0 unspecified atom stereocenters. The second kappa shape index (κ2) is 5.99. The van der Waals surface area contributed by atoms with Crippen LogP contribution in [0, 0.1) is 0 Å². The Morgan fingerprint density at radius 1 is 1.33 bits per heavy atom. The summed E-state index contributed by atoms with van der Waals surface area (Å²) in [5, 5.41) is 4.26. The highest BCUT2D eigenvalue weighted by Crippen LogP contribution is 2.20. The number of nitrogens with two attached hydrogens (primary N) is 1. The first kappa shape index (κ1) is 15.1. The molecule has 2 N–H and O–H groups in total. The summed E-state index contributed by atoms with van der Waals surface area (Å²) in [7, 11) is 0. The van der Waals surface area contributed by atoms with Crippen LogP contribution in [0.3, 0.4) is 0 Å². The molecule has 5 heteroatoms. The van der Waals surface area contributed by atoms with Crippen LogP contribution >= 0.6 is 0 Å². The molecule has 1 aromatic heterocycles. The molecule has 0 radical (unpaired) electrons. The molecular formula is C16H21N3O2. The Morgan fingerprint density at radius 2 is 2.10 bits per heavy atom. The van der Waals surface area contributed by atoms with Crippen LogP contribution in [0.5, 0.6) is 0 Å². The molecule has 5 nitrogen and oxygen atoms in total. The summed E-state index contributed by atoms with van der Waals surface area (Å²) in [5.41, 5.74) is 8.03.